The van der Waals surface area contributed by atoms with Gasteiger partial charge in [-0.1, -0.05) is 43.0 Å². The van der Waals surface area contributed by atoms with Crippen molar-refractivity contribution in [3.05, 3.63) is 33.8 Å². The van der Waals surface area contributed by atoms with Crippen LogP contribution in [0.5, 0.6) is 5.75 Å². The number of unbranched alkanes of at least 4 members (excludes halogenated alkanes) is 2. The maximum Gasteiger partial charge on any atom is 0.331 e. The maximum atomic E-state index is 11.5. The van der Waals surface area contributed by atoms with Crippen LogP contribution in [-0.2, 0) is 9.53 Å². The Hall–Kier alpha value is -1.19. The molecule has 122 valence electrons. The first kappa shape index (κ1) is 18.9. The molecule has 0 heterocycles. The van der Waals surface area contributed by atoms with E-state index in [0.29, 0.717) is 29.0 Å². The quantitative estimate of drug-likeness (QED) is 0.353. The van der Waals surface area contributed by atoms with Crippen molar-refractivity contribution in [2.75, 3.05) is 13.2 Å². The van der Waals surface area contributed by atoms with Crippen molar-refractivity contribution >= 4 is 34.7 Å². The van der Waals surface area contributed by atoms with Gasteiger partial charge in [0.05, 0.1) is 23.3 Å². The van der Waals surface area contributed by atoms with E-state index in [-0.39, 0.29) is 5.97 Å². The standard InChI is InChI=1S/C17H22Cl2O3/c1-4-6-7-8-22-17-14(18)10-13(11-15(17)19)12(3)9-16(20)21-5-2/h9-11H,4-8H2,1-3H3/b12-9+. The largest absolute Gasteiger partial charge is 0.490 e. The van der Waals surface area contributed by atoms with Crippen LogP contribution in [0, 0.1) is 0 Å². The van der Waals surface area contributed by atoms with Crippen molar-refractivity contribution in [3.63, 3.8) is 0 Å². The van der Waals surface area contributed by atoms with Crippen LogP contribution >= 0.6 is 23.2 Å². The first-order valence-electron chi connectivity index (χ1n) is 7.46. The Kier molecular flexibility index (Phi) is 8.36. The highest BCUT2D eigenvalue weighted by atomic mass is 35.5. The molecular weight excluding hydrogens is 323 g/mol. The molecule has 22 heavy (non-hydrogen) atoms. The summed E-state index contributed by atoms with van der Waals surface area (Å²) in [6.45, 7) is 6.63. The predicted molar refractivity (Wildman–Crippen MR) is 91.8 cm³/mol. The van der Waals surface area contributed by atoms with Crippen LogP contribution in [0.15, 0.2) is 18.2 Å². The second-order valence-electron chi connectivity index (χ2n) is 4.90. The first-order valence-corrected chi connectivity index (χ1v) is 8.22. The highest BCUT2D eigenvalue weighted by Gasteiger charge is 2.11. The van der Waals surface area contributed by atoms with Crippen molar-refractivity contribution in [3.8, 4) is 5.75 Å². The summed E-state index contributed by atoms with van der Waals surface area (Å²) in [5.41, 5.74) is 1.50. The van der Waals surface area contributed by atoms with Crippen LogP contribution in [0.2, 0.25) is 10.0 Å². The molecule has 0 amide bonds. The van der Waals surface area contributed by atoms with Crippen LogP contribution in [0.1, 0.15) is 45.6 Å². The number of carbonyl (C=O) groups is 1. The molecule has 0 spiro atoms. The Morgan fingerprint density at radius 2 is 1.82 bits per heavy atom. The van der Waals surface area contributed by atoms with Crippen molar-refractivity contribution in [1.82, 2.24) is 0 Å². The van der Waals surface area contributed by atoms with Crippen LogP contribution < -0.4 is 4.74 Å². The van der Waals surface area contributed by atoms with E-state index in [4.69, 9.17) is 32.7 Å². The molecule has 0 atom stereocenters. The van der Waals surface area contributed by atoms with Gasteiger partial charge in [0.15, 0.2) is 5.75 Å². The minimum Gasteiger partial charge on any atom is -0.490 e. The minimum absolute atomic E-state index is 0.342. The smallest absolute Gasteiger partial charge is 0.331 e. The molecule has 0 saturated carbocycles. The van der Waals surface area contributed by atoms with Crippen molar-refractivity contribution in [2.45, 2.75) is 40.0 Å². The van der Waals surface area contributed by atoms with Gasteiger partial charge >= 0.3 is 5.97 Å². The Morgan fingerprint density at radius 3 is 2.36 bits per heavy atom. The van der Waals surface area contributed by atoms with Gasteiger partial charge in [-0.25, -0.2) is 4.79 Å². The van der Waals surface area contributed by atoms with Gasteiger partial charge in [0.25, 0.3) is 0 Å². The molecule has 0 aromatic heterocycles. The monoisotopic (exact) mass is 344 g/mol. The number of halogens is 2. The maximum absolute atomic E-state index is 11.5. The Labute approximate surface area is 142 Å². The SMILES string of the molecule is CCCCCOc1c(Cl)cc(/C(C)=C/C(=O)OCC)cc1Cl. The molecule has 0 radical (unpaired) electrons. The molecule has 1 aromatic rings. The van der Waals surface area contributed by atoms with Gasteiger partial charge in [-0.3, -0.25) is 0 Å². The molecule has 0 saturated heterocycles. The van der Waals surface area contributed by atoms with E-state index >= 15 is 0 Å². The number of hydrogen-bond acceptors (Lipinski definition) is 3. The topological polar surface area (TPSA) is 35.5 Å². The van der Waals surface area contributed by atoms with E-state index in [0.717, 1.165) is 30.4 Å². The summed E-state index contributed by atoms with van der Waals surface area (Å²) >= 11 is 12.5. The lowest BCUT2D eigenvalue weighted by Gasteiger charge is -2.12. The third-order valence-electron chi connectivity index (χ3n) is 3.07. The Balaban J connectivity index is 2.86. The fraction of sp³-hybridized carbons (Fsp3) is 0.471. The number of rotatable bonds is 8. The van der Waals surface area contributed by atoms with Gasteiger partial charge in [0.1, 0.15) is 0 Å². The lowest BCUT2D eigenvalue weighted by atomic mass is 10.1. The van der Waals surface area contributed by atoms with Crippen molar-refractivity contribution in [1.29, 1.82) is 0 Å². The Bertz CT molecular complexity index is 516. The second kappa shape index (κ2) is 9.75. The molecule has 1 rings (SSSR count). The highest BCUT2D eigenvalue weighted by Crippen LogP contribution is 2.36. The highest BCUT2D eigenvalue weighted by molar-refractivity contribution is 6.37. The number of esters is 1. The number of hydrogen-bond donors (Lipinski definition) is 0. The number of benzene rings is 1. The van der Waals surface area contributed by atoms with E-state index in [2.05, 4.69) is 6.92 Å². The molecular formula is C17H22Cl2O3. The van der Waals surface area contributed by atoms with E-state index in [1.165, 1.54) is 6.08 Å². The van der Waals surface area contributed by atoms with Crippen molar-refractivity contribution < 1.29 is 14.3 Å². The van der Waals surface area contributed by atoms with Gasteiger partial charge in [0, 0.05) is 6.08 Å². The lowest BCUT2D eigenvalue weighted by Crippen LogP contribution is -2.01. The van der Waals surface area contributed by atoms with Gasteiger partial charge in [-0.2, -0.15) is 0 Å². The summed E-state index contributed by atoms with van der Waals surface area (Å²) in [4.78, 5) is 11.5. The summed E-state index contributed by atoms with van der Waals surface area (Å²) in [5, 5.41) is 0.881. The fourth-order valence-corrected chi connectivity index (χ4v) is 2.49. The van der Waals surface area contributed by atoms with Crippen LogP contribution in [0.4, 0.5) is 0 Å². The average Bonchev–Trinajstić information content (AvgIpc) is 2.45. The van der Waals surface area contributed by atoms with Gasteiger partial charge in [-0.15, -0.1) is 0 Å². The number of carbonyl (C=O) groups excluding carboxylic acids is 1. The summed E-state index contributed by atoms with van der Waals surface area (Å²) in [6, 6.07) is 3.49. The zero-order valence-corrected chi connectivity index (χ0v) is 14.8. The minimum atomic E-state index is -0.382. The molecule has 0 N–H and O–H groups in total. The summed E-state index contributed by atoms with van der Waals surface area (Å²) in [5.74, 6) is 0.110. The average molecular weight is 345 g/mol. The molecule has 0 aliphatic carbocycles. The number of ether oxygens (including phenoxy) is 2. The molecule has 0 unspecified atom stereocenters. The second-order valence-corrected chi connectivity index (χ2v) is 5.72. The molecule has 1 aromatic carbocycles. The third-order valence-corrected chi connectivity index (χ3v) is 3.63. The first-order chi connectivity index (χ1) is 10.5. The third kappa shape index (κ3) is 5.90. The van der Waals surface area contributed by atoms with Gasteiger partial charge < -0.3 is 9.47 Å². The summed E-state index contributed by atoms with van der Waals surface area (Å²) in [6.07, 6.45) is 4.62. The van der Waals surface area contributed by atoms with Crippen molar-refractivity contribution in [2.24, 2.45) is 0 Å². The van der Waals surface area contributed by atoms with E-state index in [9.17, 15) is 4.79 Å². The van der Waals surface area contributed by atoms with Gasteiger partial charge in [-0.05, 0) is 43.5 Å². The lowest BCUT2D eigenvalue weighted by molar-refractivity contribution is -0.137. The van der Waals surface area contributed by atoms with E-state index in [1.54, 1.807) is 26.0 Å². The molecule has 0 aliphatic heterocycles. The summed E-state index contributed by atoms with van der Waals surface area (Å²) < 4.78 is 10.5. The zero-order chi connectivity index (χ0) is 16.5. The zero-order valence-electron chi connectivity index (χ0n) is 13.2. The molecule has 0 bridgehead atoms. The predicted octanol–water partition coefficient (Wildman–Crippen LogP) is 5.53. The van der Waals surface area contributed by atoms with Crippen LogP contribution in [0.25, 0.3) is 5.57 Å². The number of allylic oxidation sites excluding steroid dienone is 1. The molecule has 0 aliphatic rings. The molecule has 3 nitrogen and oxygen atoms in total. The normalized spacial score (nSPS) is 11.4. The van der Waals surface area contributed by atoms with E-state index < -0.39 is 0 Å². The fourth-order valence-electron chi connectivity index (χ4n) is 1.90. The van der Waals surface area contributed by atoms with E-state index in [1.807, 2.05) is 0 Å². The van der Waals surface area contributed by atoms with Crippen LogP contribution in [0.3, 0.4) is 0 Å². The molecule has 0 fully saturated rings. The molecule has 5 heteroatoms. The Morgan fingerprint density at radius 1 is 1.18 bits per heavy atom. The van der Waals surface area contributed by atoms with Crippen LogP contribution in [-0.4, -0.2) is 19.2 Å². The van der Waals surface area contributed by atoms with Gasteiger partial charge in [0.2, 0.25) is 0 Å². The summed E-state index contributed by atoms with van der Waals surface area (Å²) in [7, 11) is 0.